The number of likely N-dealkylation sites (tertiary alicyclic amines) is 1. The Morgan fingerprint density at radius 1 is 1.14 bits per heavy atom. The summed E-state index contributed by atoms with van der Waals surface area (Å²) in [5.41, 5.74) is 3.22. The standard InChI is InChI=1S/C27H31N3O5/c1-27(2)34-23-5-3-4-20(25(23)35-27)17-8-11-29(12-9-17)16-24-28-21-7-6-18(26(31)32)14-22(21)30(24)15-19-10-13-33-19/h3-7,14,17,19H,8-13,15-16H2,1-2H3,(H,31,32)/t19-/m0/s1. The van der Waals surface area contributed by atoms with E-state index in [1.165, 1.54) is 5.56 Å². The molecule has 184 valence electrons. The van der Waals surface area contributed by atoms with Gasteiger partial charge in [-0.3, -0.25) is 4.90 Å². The Balaban J connectivity index is 1.20. The summed E-state index contributed by atoms with van der Waals surface area (Å²) in [4.78, 5) is 18.9. The highest BCUT2D eigenvalue weighted by atomic mass is 16.7. The van der Waals surface area contributed by atoms with Crippen LogP contribution in [0.5, 0.6) is 11.5 Å². The quantitative estimate of drug-likeness (QED) is 0.563. The number of ether oxygens (including phenoxy) is 3. The Morgan fingerprint density at radius 3 is 2.66 bits per heavy atom. The van der Waals surface area contributed by atoms with Crippen LogP contribution in [0.25, 0.3) is 11.0 Å². The van der Waals surface area contributed by atoms with Crippen LogP contribution >= 0.6 is 0 Å². The maximum atomic E-state index is 11.5. The first kappa shape index (κ1) is 22.4. The van der Waals surface area contributed by atoms with Crippen molar-refractivity contribution in [2.75, 3.05) is 19.7 Å². The van der Waals surface area contributed by atoms with Gasteiger partial charge >= 0.3 is 5.97 Å². The minimum atomic E-state index is -0.923. The van der Waals surface area contributed by atoms with Crippen molar-refractivity contribution in [2.45, 2.75) is 64.0 Å². The minimum Gasteiger partial charge on any atom is -0.478 e. The normalized spacial score (nSPS) is 21.8. The molecular weight excluding hydrogens is 446 g/mol. The van der Waals surface area contributed by atoms with Crippen molar-refractivity contribution in [1.82, 2.24) is 14.5 Å². The molecule has 3 aliphatic rings. The summed E-state index contributed by atoms with van der Waals surface area (Å²) in [7, 11) is 0. The molecule has 1 atom stereocenters. The fraction of sp³-hybridized carbons (Fsp3) is 0.481. The number of carboxylic acid groups (broad SMARTS) is 1. The van der Waals surface area contributed by atoms with Gasteiger partial charge < -0.3 is 23.9 Å². The summed E-state index contributed by atoms with van der Waals surface area (Å²) in [5.74, 6) is 1.58. The van der Waals surface area contributed by atoms with Crippen LogP contribution in [-0.4, -0.2) is 57.1 Å². The molecule has 0 amide bonds. The molecule has 0 radical (unpaired) electrons. The van der Waals surface area contributed by atoms with Gasteiger partial charge in [-0.1, -0.05) is 12.1 Å². The zero-order valence-corrected chi connectivity index (χ0v) is 20.2. The topological polar surface area (TPSA) is 86.1 Å². The Hall–Kier alpha value is -3.10. The lowest BCUT2D eigenvalue weighted by Gasteiger charge is -2.33. The predicted molar refractivity (Wildman–Crippen MR) is 130 cm³/mol. The second kappa shape index (κ2) is 8.53. The average Bonchev–Trinajstić information content (AvgIpc) is 3.30. The molecule has 8 nitrogen and oxygen atoms in total. The van der Waals surface area contributed by atoms with Crippen LogP contribution in [0.3, 0.4) is 0 Å². The fourth-order valence-corrected chi connectivity index (χ4v) is 5.44. The SMILES string of the molecule is CC1(C)Oc2cccc(C3CCN(Cc4nc5ccc(C(=O)O)cc5n4C[C@@H]4CCO4)CC3)c2O1. The van der Waals surface area contributed by atoms with E-state index in [-0.39, 0.29) is 11.7 Å². The fourth-order valence-electron chi connectivity index (χ4n) is 5.44. The van der Waals surface area contributed by atoms with Crippen LogP contribution in [0, 0.1) is 0 Å². The number of para-hydroxylation sites is 1. The van der Waals surface area contributed by atoms with Crippen molar-refractivity contribution in [3.05, 3.63) is 53.3 Å². The first-order valence-electron chi connectivity index (χ1n) is 12.4. The van der Waals surface area contributed by atoms with E-state index in [0.29, 0.717) is 12.5 Å². The van der Waals surface area contributed by atoms with Crippen molar-refractivity contribution in [2.24, 2.45) is 0 Å². The zero-order valence-electron chi connectivity index (χ0n) is 20.2. The number of piperidine rings is 1. The molecule has 1 N–H and O–H groups in total. The van der Waals surface area contributed by atoms with Gasteiger partial charge in [-0.25, -0.2) is 9.78 Å². The van der Waals surface area contributed by atoms with E-state index in [0.717, 1.165) is 73.9 Å². The molecule has 3 aromatic rings. The van der Waals surface area contributed by atoms with Crippen LogP contribution in [0.2, 0.25) is 0 Å². The number of hydrogen-bond acceptors (Lipinski definition) is 6. The number of aromatic carboxylic acids is 1. The van der Waals surface area contributed by atoms with Gasteiger partial charge in [-0.05, 0) is 62.5 Å². The average molecular weight is 478 g/mol. The number of carboxylic acids is 1. The Morgan fingerprint density at radius 2 is 1.94 bits per heavy atom. The first-order chi connectivity index (χ1) is 16.9. The molecule has 2 aromatic carbocycles. The second-order valence-corrected chi connectivity index (χ2v) is 10.3. The molecule has 4 heterocycles. The largest absolute Gasteiger partial charge is 0.478 e. The van der Waals surface area contributed by atoms with Crippen LogP contribution < -0.4 is 9.47 Å². The third kappa shape index (κ3) is 4.25. The van der Waals surface area contributed by atoms with E-state index in [1.807, 2.05) is 26.0 Å². The highest BCUT2D eigenvalue weighted by Gasteiger charge is 2.35. The lowest BCUT2D eigenvalue weighted by Crippen LogP contribution is -2.35. The van der Waals surface area contributed by atoms with Crippen molar-refractivity contribution < 1.29 is 24.1 Å². The van der Waals surface area contributed by atoms with E-state index in [1.54, 1.807) is 12.1 Å². The minimum absolute atomic E-state index is 0.164. The smallest absolute Gasteiger partial charge is 0.335 e. The van der Waals surface area contributed by atoms with E-state index in [9.17, 15) is 9.90 Å². The molecule has 35 heavy (non-hydrogen) atoms. The van der Waals surface area contributed by atoms with E-state index >= 15 is 0 Å². The van der Waals surface area contributed by atoms with E-state index in [2.05, 4.69) is 21.6 Å². The lowest BCUT2D eigenvalue weighted by atomic mass is 9.88. The van der Waals surface area contributed by atoms with Crippen molar-refractivity contribution in [3.63, 3.8) is 0 Å². The number of benzene rings is 2. The maximum absolute atomic E-state index is 11.5. The van der Waals surface area contributed by atoms with Gasteiger partial charge in [0, 0.05) is 26.0 Å². The Kier molecular flexibility index (Phi) is 5.45. The summed E-state index contributed by atoms with van der Waals surface area (Å²) >= 11 is 0. The van der Waals surface area contributed by atoms with Crippen molar-refractivity contribution >= 4 is 17.0 Å². The van der Waals surface area contributed by atoms with Crippen LogP contribution in [0.4, 0.5) is 0 Å². The van der Waals surface area contributed by atoms with Crippen LogP contribution in [0.15, 0.2) is 36.4 Å². The molecule has 0 spiro atoms. The maximum Gasteiger partial charge on any atom is 0.335 e. The molecule has 0 bridgehead atoms. The van der Waals surface area contributed by atoms with E-state index in [4.69, 9.17) is 19.2 Å². The summed E-state index contributed by atoms with van der Waals surface area (Å²) < 4.78 is 19.9. The first-order valence-corrected chi connectivity index (χ1v) is 12.4. The van der Waals surface area contributed by atoms with Gasteiger partial charge in [0.05, 0.1) is 35.8 Å². The van der Waals surface area contributed by atoms with Gasteiger partial charge in [0.15, 0.2) is 11.5 Å². The van der Waals surface area contributed by atoms with Gasteiger partial charge in [0.1, 0.15) is 5.82 Å². The molecule has 6 rings (SSSR count). The summed E-state index contributed by atoms with van der Waals surface area (Å²) in [5, 5.41) is 9.47. The molecule has 2 fully saturated rings. The molecule has 8 heteroatoms. The zero-order chi connectivity index (χ0) is 24.2. The Labute approximate surface area is 204 Å². The number of fused-ring (bicyclic) bond motifs is 2. The van der Waals surface area contributed by atoms with Gasteiger partial charge in [0.25, 0.3) is 0 Å². The van der Waals surface area contributed by atoms with Gasteiger partial charge in [0.2, 0.25) is 5.79 Å². The Bertz CT molecular complexity index is 1270. The summed E-state index contributed by atoms with van der Waals surface area (Å²) in [6.07, 6.45) is 3.26. The third-order valence-corrected chi connectivity index (χ3v) is 7.36. The highest BCUT2D eigenvalue weighted by molar-refractivity contribution is 5.92. The molecule has 1 aromatic heterocycles. The number of imidazole rings is 1. The summed E-state index contributed by atoms with van der Waals surface area (Å²) in [6, 6.07) is 11.4. The van der Waals surface area contributed by atoms with Gasteiger partial charge in [-0.15, -0.1) is 0 Å². The molecule has 3 aliphatic heterocycles. The van der Waals surface area contributed by atoms with Gasteiger partial charge in [-0.2, -0.15) is 0 Å². The second-order valence-electron chi connectivity index (χ2n) is 10.3. The predicted octanol–water partition coefficient (Wildman–Crippen LogP) is 4.41. The number of hydrogen-bond donors (Lipinski definition) is 1. The lowest BCUT2D eigenvalue weighted by molar-refractivity contribution is -0.0592. The highest BCUT2D eigenvalue weighted by Crippen LogP contribution is 2.46. The number of nitrogens with zero attached hydrogens (tertiary/aromatic N) is 3. The molecular formula is C27H31N3O5. The van der Waals surface area contributed by atoms with Crippen LogP contribution in [-0.2, 0) is 17.8 Å². The third-order valence-electron chi connectivity index (χ3n) is 7.36. The molecule has 0 saturated carbocycles. The number of carbonyl (C=O) groups is 1. The van der Waals surface area contributed by atoms with E-state index < -0.39 is 11.8 Å². The monoisotopic (exact) mass is 477 g/mol. The number of aromatic nitrogens is 2. The van der Waals surface area contributed by atoms with Crippen molar-refractivity contribution in [1.29, 1.82) is 0 Å². The van der Waals surface area contributed by atoms with Crippen molar-refractivity contribution in [3.8, 4) is 11.5 Å². The molecule has 0 unspecified atom stereocenters. The number of rotatable bonds is 6. The van der Waals surface area contributed by atoms with Crippen LogP contribution in [0.1, 0.15) is 60.8 Å². The molecule has 0 aliphatic carbocycles. The molecule has 2 saturated heterocycles. The summed E-state index contributed by atoms with van der Waals surface area (Å²) in [6.45, 7) is 8.03.